The van der Waals surface area contributed by atoms with Crippen molar-refractivity contribution < 1.29 is 0 Å². The Labute approximate surface area is 867 Å². The molecule has 30 aromatic rings. The van der Waals surface area contributed by atoms with Gasteiger partial charge in [-0.15, -0.1) is 22.7 Å². The smallest absolute Gasteiger partial charge is 0.223 e. The lowest BCUT2D eigenvalue weighted by molar-refractivity contribution is 1.18. The van der Waals surface area contributed by atoms with Crippen LogP contribution >= 0.6 is 80.7 Å². The number of fused-ring (bicyclic) bond motifs is 24. The molecule has 13 nitrogen and oxygen atoms in total. The largest absolute Gasteiger partial charge is 0.309 e. The number of aromatic nitrogens is 13. The highest BCUT2D eigenvalue weighted by molar-refractivity contribution is 7.26. The number of rotatable bonds is 8. The fourth-order valence-corrected chi connectivity index (χ4v) is 24.1. The van der Waals surface area contributed by atoms with E-state index in [1.807, 2.05) is 144 Å². The molecule has 10 aromatic heterocycles. The van der Waals surface area contributed by atoms with E-state index >= 15 is 0 Å². The van der Waals surface area contributed by atoms with Gasteiger partial charge in [0.05, 0.1) is 89.2 Å². The highest BCUT2D eigenvalue weighted by Gasteiger charge is 2.25. The summed E-state index contributed by atoms with van der Waals surface area (Å²) < 4.78 is 12.0. The summed E-state index contributed by atoms with van der Waals surface area (Å²) in [6.45, 7) is 0. The molecule has 0 unspecified atom stereocenters. The molecule has 10 heterocycles. The average molecular weight is 2010 g/mol. The second-order valence-corrected chi connectivity index (χ2v) is 39.2. The van der Waals surface area contributed by atoms with Crippen molar-refractivity contribution >= 4 is 262 Å². The summed E-state index contributed by atoms with van der Waals surface area (Å²) in [7, 11) is 0. The van der Waals surface area contributed by atoms with Gasteiger partial charge in [-0.3, -0.25) is 0 Å². The monoisotopic (exact) mass is 2010 g/mol. The van der Waals surface area contributed by atoms with Gasteiger partial charge >= 0.3 is 0 Å². The standard InChI is InChI=1S/3C26H16ClN3.2C24H13ClN2S/c27-26-28-21-14-6-4-11-18(21)25(29-26)20-13-8-16-23-24(20)19-12-5-7-15-22(19)30(23)17-9-2-1-3-10-17;27-26-28-22-12-6-4-11-21(22)25(29-26)17-14-15-20-19-10-5-7-13-23(19)30(24(20)16-17)18-8-2-1-3-9-18;27-26-28-22-12-6-4-11-20(22)25(29-26)17-14-15-24-21(16-17)19-10-5-7-13-23(19)30(24)18-8-2-1-3-9-18;25-24-26-19-11-5-3-9-16(19)23(27-24)18-13-21-22(15-8-2-1-7-14(15)18)17-10-4-6-12-20(17)28-21;25-24-26-19-11-5-3-9-16(19)22(27-24)18-13-14-7-1-2-8-15(14)21-17-10-4-6-12-20(17)28-23(18)21/h3*1-16H;2*1-13H. The first-order valence-corrected chi connectivity index (χ1v) is 51.1. The molecule has 0 N–H and O–H groups in total. The summed E-state index contributed by atoms with van der Waals surface area (Å²) >= 11 is 35.0. The Morgan fingerprint density at radius 2 is 0.507 bits per heavy atom. The van der Waals surface area contributed by atoms with Crippen LogP contribution in [0.25, 0.3) is 255 Å². The summed E-state index contributed by atoms with van der Waals surface area (Å²) in [5.74, 6) is 0. The van der Waals surface area contributed by atoms with Crippen molar-refractivity contribution in [3.8, 4) is 73.3 Å². The molecule has 0 radical (unpaired) electrons. The first-order chi connectivity index (χ1) is 72.0. The van der Waals surface area contributed by atoms with Gasteiger partial charge in [-0.05, 0) is 213 Å². The number of thiophene rings is 2. The van der Waals surface area contributed by atoms with Crippen molar-refractivity contribution in [2.24, 2.45) is 0 Å². The van der Waals surface area contributed by atoms with E-state index in [0.29, 0.717) is 0 Å². The molecule has 0 spiro atoms. The molecule has 0 atom stereocenters. The maximum absolute atomic E-state index is 6.32. The third kappa shape index (κ3) is 16.0. The minimum absolute atomic E-state index is 0.257. The molecule has 0 amide bonds. The van der Waals surface area contributed by atoms with Gasteiger partial charge in [-0.1, -0.05) is 315 Å². The number of para-hydroxylation sites is 11. The maximum atomic E-state index is 6.32. The molecule has 0 fully saturated rings. The van der Waals surface area contributed by atoms with E-state index in [9.17, 15) is 0 Å². The SMILES string of the molecule is Clc1nc(-c2cc3ccccc3c3c2sc2ccccc23)c2ccccc2n1.Clc1nc(-c2cc3sc4ccccc4c3c3ccccc23)c2ccccc2n1.Clc1nc(-c2ccc3c(c2)c2ccccc2n3-c2ccccc2)c2ccccc2n1.Clc1nc(-c2ccc3c4ccccc4n(-c4ccccc4)c3c2)c2ccccc2n1.Clc1nc(-c2cccc3c2c2ccccc2n3-c2ccccc2)c2ccccc2n1. The second kappa shape index (κ2) is 37.7. The van der Waals surface area contributed by atoms with Crippen molar-refractivity contribution in [1.82, 2.24) is 63.5 Å². The van der Waals surface area contributed by atoms with Crippen LogP contribution in [0.3, 0.4) is 0 Å². The Balaban J connectivity index is 0.0000000928. The Hall–Kier alpha value is -17.1. The van der Waals surface area contributed by atoms with Gasteiger partial charge in [0.25, 0.3) is 0 Å². The lowest BCUT2D eigenvalue weighted by Gasteiger charge is -2.11. The van der Waals surface area contributed by atoms with Gasteiger partial charge < -0.3 is 13.7 Å². The highest BCUT2D eigenvalue weighted by atomic mass is 35.5. The Morgan fingerprint density at radius 1 is 0.171 bits per heavy atom. The van der Waals surface area contributed by atoms with Gasteiger partial charge in [0, 0.05) is 144 Å². The van der Waals surface area contributed by atoms with Crippen LogP contribution < -0.4 is 0 Å². The Kier molecular flexibility index (Phi) is 23.0. The summed E-state index contributed by atoms with van der Waals surface area (Å²) in [5, 5.41) is 23.6. The molecule has 0 saturated carbocycles. The van der Waals surface area contributed by atoms with Crippen molar-refractivity contribution in [3.63, 3.8) is 0 Å². The number of nitrogens with zero attached hydrogens (tertiary/aromatic N) is 13. The van der Waals surface area contributed by atoms with Crippen LogP contribution in [0, 0.1) is 0 Å². The van der Waals surface area contributed by atoms with E-state index in [2.05, 4.69) is 391 Å². The zero-order chi connectivity index (χ0) is 97.6. The fourth-order valence-electron chi connectivity index (χ4n) is 20.9. The number of hydrogen-bond acceptors (Lipinski definition) is 12. The van der Waals surface area contributed by atoms with Gasteiger partial charge in [-0.2, -0.15) is 0 Å². The minimum Gasteiger partial charge on any atom is -0.309 e. The van der Waals surface area contributed by atoms with E-state index in [4.69, 9.17) is 58.0 Å². The summed E-state index contributed by atoms with van der Waals surface area (Å²) in [6.07, 6.45) is 0. The quantitative estimate of drug-likeness (QED) is 0.135. The summed E-state index contributed by atoms with van der Waals surface area (Å²) in [4.78, 5) is 45.1. The molecular weight excluding hydrogens is 1940 g/mol. The van der Waals surface area contributed by atoms with Gasteiger partial charge in [0.2, 0.25) is 26.4 Å². The van der Waals surface area contributed by atoms with Crippen LogP contribution in [-0.2, 0) is 0 Å². The number of halogens is 5. The van der Waals surface area contributed by atoms with E-state index in [-0.39, 0.29) is 26.4 Å². The first kappa shape index (κ1) is 89.0. The predicted octanol–water partition coefficient (Wildman–Crippen LogP) is 36.1. The summed E-state index contributed by atoms with van der Waals surface area (Å²) in [5.41, 5.74) is 24.2. The van der Waals surface area contributed by atoms with Crippen LogP contribution in [0.2, 0.25) is 26.4 Å². The predicted molar refractivity (Wildman–Crippen MR) is 614 cm³/mol. The first-order valence-electron chi connectivity index (χ1n) is 47.5. The fraction of sp³-hybridized carbons (Fsp3) is 0. The zero-order valence-corrected chi connectivity index (χ0v) is 82.7. The normalized spacial score (nSPS) is 11.6. The van der Waals surface area contributed by atoms with E-state index < -0.39 is 0 Å². The van der Waals surface area contributed by atoms with Crippen molar-refractivity contribution in [1.29, 1.82) is 0 Å². The number of benzene rings is 20. The number of hydrogen-bond donors (Lipinski definition) is 0. The van der Waals surface area contributed by atoms with Crippen LogP contribution in [0.15, 0.2) is 449 Å². The summed E-state index contributed by atoms with van der Waals surface area (Å²) in [6, 6.07) is 155. The average Bonchev–Trinajstić information content (AvgIpc) is 1.57. The minimum atomic E-state index is 0.257. The lowest BCUT2D eigenvalue weighted by Crippen LogP contribution is -1.94. The van der Waals surface area contributed by atoms with Crippen LogP contribution in [0.5, 0.6) is 0 Å². The van der Waals surface area contributed by atoms with Gasteiger partial charge in [0.1, 0.15) is 0 Å². The molecule has 690 valence electrons. The van der Waals surface area contributed by atoms with E-state index in [0.717, 1.165) is 155 Å². The topological polar surface area (TPSA) is 144 Å². The van der Waals surface area contributed by atoms with E-state index in [1.54, 1.807) is 0 Å². The van der Waals surface area contributed by atoms with Crippen LogP contribution in [0.4, 0.5) is 0 Å². The third-order valence-electron chi connectivity index (χ3n) is 27.0. The highest BCUT2D eigenvalue weighted by Crippen LogP contribution is 2.49. The lowest BCUT2D eigenvalue weighted by atomic mass is 9.96. The molecule has 0 aliphatic heterocycles. The van der Waals surface area contributed by atoms with Crippen LogP contribution in [-0.4, -0.2) is 63.5 Å². The molecule has 20 heteroatoms. The van der Waals surface area contributed by atoms with E-state index in [1.165, 1.54) is 99.9 Å². The second-order valence-electron chi connectivity index (χ2n) is 35.4. The Bertz CT molecular complexity index is 10400. The molecule has 20 aromatic carbocycles. The molecule has 0 aliphatic carbocycles. The molecule has 0 saturated heterocycles. The van der Waals surface area contributed by atoms with Crippen molar-refractivity contribution in [2.75, 3.05) is 0 Å². The van der Waals surface area contributed by atoms with Crippen molar-refractivity contribution in [3.05, 3.63) is 475 Å². The van der Waals surface area contributed by atoms with Gasteiger partial charge in [0.15, 0.2) is 0 Å². The third-order valence-corrected chi connectivity index (χ3v) is 30.2. The molecule has 146 heavy (non-hydrogen) atoms. The van der Waals surface area contributed by atoms with Gasteiger partial charge in [-0.25, -0.2) is 49.8 Å². The van der Waals surface area contributed by atoms with Crippen molar-refractivity contribution in [2.45, 2.75) is 0 Å². The zero-order valence-electron chi connectivity index (χ0n) is 77.2. The molecule has 30 rings (SSSR count). The molecule has 0 aliphatic rings. The Morgan fingerprint density at radius 3 is 1.02 bits per heavy atom. The molecule has 0 bridgehead atoms. The maximum Gasteiger partial charge on any atom is 0.223 e. The van der Waals surface area contributed by atoms with Crippen LogP contribution in [0.1, 0.15) is 0 Å². The molecular formula is C126H74Cl5N13S2.